The number of rotatable bonds is 2. The van der Waals surface area contributed by atoms with Crippen molar-refractivity contribution in [3.63, 3.8) is 0 Å². The van der Waals surface area contributed by atoms with E-state index in [9.17, 15) is 4.79 Å². The standard InChI is InChI=1S/C22H15N3O2/c1-13-5-4-6-15(11-13)27-22(26)14-9-10-18-19(12-14)23-20-16-7-2-3-8-17(16)24-21(20)25-18/h2-12H,1H3,(H,24,25). The number of ether oxygens (including phenoxy) is 1. The van der Waals surface area contributed by atoms with Gasteiger partial charge in [0.2, 0.25) is 0 Å². The summed E-state index contributed by atoms with van der Waals surface area (Å²) in [5.41, 5.74) is 5.37. The minimum atomic E-state index is -0.414. The predicted molar refractivity (Wildman–Crippen MR) is 105 cm³/mol. The van der Waals surface area contributed by atoms with Crippen LogP contribution in [0.5, 0.6) is 5.75 Å². The van der Waals surface area contributed by atoms with Crippen LogP contribution in [0.25, 0.3) is 33.1 Å². The van der Waals surface area contributed by atoms with Gasteiger partial charge in [-0.3, -0.25) is 0 Å². The number of benzene rings is 3. The van der Waals surface area contributed by atoms with Crippen molar-refractivity contribution in [3.05, 3.63) is 77.9 Å². The maximum Gasteiger partial charge on any atom is 0.343 e. The third-order valence-electron chi connectivity index (χ3n) is 4.54. The van der Waals surface area contributed by atoms with Crippen LogP contribution in [0.3, 0.4) is 0 Å². The van der Waals surface area contributed by atoms with Gasteiger partial charge in [-0.25, -0.2) is 14.8 Å². The molecule has 0 aliphatic carbocycles. The molecular formula is C22H15N3O2. The van der Waals surface area contributed by atoms with Gasteiger partial charge in [0.15, 0.2) is 5.65 Å². The number of esters is 1. The maximum atomic E-state index is 12.5. The van der Waals surface area contributed by atoms with Crippen molar-refractivity contribution in [1.82, 2.24) is 15.0 Å². The molecule has 130 valence electrons. The molecule has 0 aliphatic rings. The normalized spacial score (nSPS) is 11.3. The van der Waals surface area contributed by atoms with Gasteiger partial charge in [-0.05, 0) is 48.9 Å². The zero-order valence-electron chi connectivity index (χ0n) is 14.6. The highest BCUT2D eigenvalue weighted by Crippen LogP contribution is 2.25. The van der Waals surface area contributed by atoms with Crippen molar-refractivity contribution in [2.45, 2.75) is 6.92 Å². The summed E-state index contributed by atoms with van der Waals surface area (Å²) >= 11 is 0. The quantitative estimate of drug-likeness (QED) is 0.366. The van der Waals surface area contributed by atoms with Crippen LogP contribution in [-0.2, 0) is 0 Å². The van der Waals surface area contributed by atoms with Crippen LogP contribution < -0.4 is 4.74 Å². The highest BCUT2D eigenvalue weighted by molar-refractivity contribution is 6.06. The largest absolute Gasteiger partial charge is 0.423 e. The average Bonchev–Trinajstić information content (AvgIpc) is 3.03. The summed E-state index contributed by atoms with van der Waals surface area (Å²) < 4.78 is 5.48. The zero-order valence-corrected chi connectivity index (χ0v) is 14.6. The van der Waals surface area contributed by atoms with E-state index in [0.29, 0.717) is 16.8 Å². The molecule has 5 heteroatoms. The lowest BCUT2D eigenvalue weighted by atomic mass is 10.2. The fraction of sp³-hybridized carbons (Fsp3) is 0.0455. The lowest BCUT2D eigenvalue weighted by Gasteiger charge is -2.06. The van der Waals surface area contributed by atoms with E-state index in [1.165, 1.54) is 0 Å². The highest BCUT2D eigenvalue weighted by Gasteiger charge is 2.13. The van der Waals surface area contributed by atoms with E-state index in [0.717, 1.165) is 33.1 Å². The molecule has 0 unspecified atom stereocenters. The SMILES string of the molecule is Cc1cccc(OC(=O)c2ccc3nc4[nH]c5ccccc5c4nc3c2)c1. The minimum absolute atomic E-state index is 0.414. The van der Waals surface area contributed by atoms with Crippen molar-refractivity contribution in [2.24, 2.45) is 0 Å². The summed E-state index contributed by atoms with van der Waals surface area (Å²) in [6, 6.07) is 20.6. The van der Waals surface area contributed by atoms with Gasteiger partial charge in [0.25, 0.3) is 0 Å². The Bertz CT molecular complexity index is 1340. The van der Waals surface area contributed by atoms with E-state index in [1.54, 1.807) is 24.3 Å². The molecule has 27 heavy (non-hydrogen) atoms. The van der Waals surface area contributed by atoms with Gasteiger partial charge in [-0.2, -0.15) is 0 Å². The van der Waals surface area contributed by atoms with Gasteiger partial charge in [0, 0.05) is 10.9 Å². The first kappa shape index (κ1) is 15.5. The van der Waals surface area contributed by atoms with Crippen molar-refractivity contribution in [1.29, 1.82) is 0 Å². The van der Waals surface area contributed by atoms with Gasteiger partial charge in [0.1, 0.15) is 11.3 Å². The smallest absolute Gasteiger partial charge is 0.343 e. The monoisotopic (exact) mass is 353 g/mol. The van der Waals surface area contributed by atoms with Gasteiger partial charge >= 0.3 is 5.97 Å². The number of fused-ring (bicyclic) bond motifs is 4. The summed E-state index contributed by atoms with van der Waals surface area (Å²) in [6.45, 7) is 1.95. The number of carbonyl (C=O) groups excluding carboxylic acids is 1. The predicted octanol–water partition coefficient (Wildman–Crippen LogP) is 4.79. The number of nitrogens with zero attached hydrogens (tertiary/aromatic N) is 2. The summed E-state index contributed by atoms with van der Waals surface area (Å²) in [5.74, 6) is 0.113. The summed E-state index contributed by atoms with van der Waals surface area (Å²) in [6.07, 6.45) is 0. The van der Waals surface area contributed by atoms with Crippen LogP contribution in [0.2, 0.25) is 0 Å². The van der Waals surface area contributed by atoms with Crippen LogP contribution in [0.1, 0.15) is 15.9 Å². The molecule has 2 heterocycles. The van der Waals surface area contributed by atoms with E-state index in [-0.39, 0.29) is 0 Å². The molecule has 0 aliphatic heterocycles. The molecular weight excluding hydrogens is 338 g/mol. The highest BCUT2D eigenvalue weighted by atomic mass is 16.5. The first-order valence-electron chi connectivity index (χ1n) is 8.64. The number of hydrogen-bond donors (Lipinski definition) is 1. The molecule has 0 saturated carbocycles. The summed E-state index contributed by atoms with van der Waals surface area (Å²) in [4.78, 5) is 25.2. The Morgan fingerprint density at radius 3 is 2.70 bits per heavy atom. The Morgan fingerprint density at radius 2 is 1.81 bits per heavy atom. The van der Waals surface area contributed by atoms with Crippen molar-refractivity contribution >= 4 is 39.1 Å². The van der Waals surface area contributed by atoms with E-state index in [4.69, 9.17) is 9.72 Å². The third-order valence-corrected chi connectivity index (χ3v) is 4.54. The zero-order chi connectivity index (χ0) is 18.4. The first-order chi connectivity index (χ1) is 13.2. The van der Waals surface area contributed by atoms with Gasteiger partial charge < -0.3 is 9.72 Å². The fourth-order valence-electron chi connectivity index (χ4n) is 3.23. The second kappa shape index (κ2) is 5.92. The van der Waals surface area contributed by atoms with Crippen molar-refractivity contribution < 1.29 is 9.53 Å². The van der Waals surface area contributed by atoms with Crippen LogP contribution in [0, 0.1) is 6.92 Å². The molecule has 2 aromatic heterocycles. The third kappa shape index (κ3) is 2.69. The van der Waals surface area contributed by atoms with Crippen molar-refractivity contribution in [3.8, 4) is 5.75 Å². The molecule has 0 spiro atoms. The Labute approximate surface area is 154 Å². The Kier molecular flexibility index (Phi) is 3.40. The molecule has 5 rings (SSSR count). The fourth-order valence-corrected chi connectivity index (χ4v) is 3.23. The Balaban J connectivity index is 1.58. The number of para-hydroxylation sites is 1. The first-order valence-corrected chi connectivity index (χ1v) is 8.64. The number of aryl methyl sites for hydroxylation is 1. The number of aromatic amines is 1. The topological polar surface area (TPSA) is 67.9 Å². The maximum absolute atomic E-state index is 12.5. The number of nitrogens with one attached hydrogen (secondary N) is 1. The minimum Gasteiger partial charge on any atom is -0.423 e. The summed E-state index contributed by atoms with van der Waals surface area (Å²) in [7, 11) is 0. The molecule has 1 N–H and O–H groups in total. The second-order valence-electron chi connectivity index (χ2n) is 6.50. The summed E-state index contributed by atoms with van der Waals surface area (Å²) in [5, 5.41) is 1.01. The van der Waals surface area contributed by atoms with Gasteiger partial charge in [-0.1, -0.05) is 30.3 Å². The van der Waals surface area contributed by atoms with Crippen LogP contribution in [-0.4, -0.2) is 20.9 Å². The number of H-pyrrole nitrogens is 1. The number of aromatic nitrogens is 3. The van der Waals surface area contributed by atoms with Crippen LogP contribution >= 0.6 is 0 Å². The number of carbonyl (C=O) groups is 1. The number of hydrogen-bond acceptors (Lipinski definition) is 4. The molecule has 0 bridgehead atoms. The second-order valence-corrected chi connectivity index (χ2v) is 6.50. The van der Waals surface area contributed by atoms with Gasteiger partial charge in [0.05, 0.1) is 16.6 Å². The molecule has 5 aromatic rings. The molecule has 0 atom stereocenters. The molecule has 0 radical (unpaired) electrons. The van der Waals surface area contributed by atoms with E-state index >= 15 is 0 Å². The molecule has 0 fully saturated rings. The Morgan fingerprint density at radius 1 is 0.926 bits per heavy atom. The van der Waals surface area contributed by atoms with E-state index in [1.807, 2.05) is 49.4 Å². The van der Waals surface area contributed by atoms with Crippen molar-refractivity contribution in [2.75, 3.05) is 0 Å². The molecule has 5 nitrogen and oxygen atoms in total. The lowest BCUT2D eigenvalue weighted by Crippen LogP contribution is -2.08. The van der Waals surface area contributed by atoms with E-state index in [2.05, 4.69) is 9.97 Å². The van der Waals surface area contributed by atoms with Gasteiger partial charge in [-0.15, -0.1) is 0 Å². The average molecular weight is 353 g/mol. The Hall–Kier alpha value is -3.73. The van der Waals surface area contributed by atoms with Crippen LogP contribution in [0.4, 0.5) is 0 Å². The van der Waals surface area contributed by atoms with Crippen LogP contribution in [0.15, 0.2) is 66.7 Å². The molecule has 0 saturated heterocycles. The lowest BCUT2D eigenvalue weighted by molar-refractivity contribution is 0.0735. The van der Waals surface area contributed by atoms with E-state index < -0.39 is 5.97 Å². The molecule has 0 amide bonds. The molecule has 3 aromatic carbocycles.